The molecule has 0 spiro atoms. The van der Waals surface area contributed by atoms with Gasteiger partial charge in [0.05, 0.1) is 24.9 Å². The summed E-state index contributed by atoms with van der Waals surface area (Å²) in [6.45, 7) is 1.96. The summed E-state index contributed by atoms with van der Waals surface area (Å²) in [5.74, 6) is 2.54. The summed E-state index contributed by atoms with van der Waals surface area (Å²) in [4.78, 5) is 9.20. The van der Waals surface area contributed by atoms with E-state index in [-0.39, 0.29) is 0 Å². The Labute approximate surface area is 165 Å². The van der Waals surface area contributed by atoms with Crippen molar-refractivity contribution in [2.45, 2.75) is 51.5 Å². The molecule has 2 N–H and O–H groups in total. The number of hydrogen-bond donors (Lipinski definition) is 2. The number of anilines is 3. The number of aryl methyl sites for hydroxylation is 1. The first kappa shape index (κ1) is 19.5. The summed E-state index contributed by atoms with van der Waals surface area (Å²) in [5, 5.41) is 7.31. The van der Waals surface area contributed by atoms with Crippen molar-refractivity contribution >= 4 is 29.1 Å². The van der Waals surface area contributed by atoms with Crippen LogP contribution in [0.1, 0.15) is 44.2 Å². The Hall–Kier alpha value is -2.21. The average molecular weight is 391 g/mol. The van der Waals surface area contributed by atoms with E-state index >= 15 is 0 Å². The number of hydrogen-bond acceptors (Lipinski definition) is 6. The highest BCUT2D eigenvalue weighted by Gasteiger charge is 2.15. The molecular weight excluding hydrogens is 364 g/mol. The highest BCUT2D eigenvalue weighted by Crippen LogP contribution is 2.37. The first-order chi connectivity index (χ1) is 13.1. The molecule has 6 nitrogen and oxygen atoms in total. The van der Waals surface area contributed by atoms with Crippen molar-refractivity contribution in [1.82, 2.24) is 9.97 Å². The average Bonchev–Trinajstić information content (AvgIpc) is 2.91. The standard InChI is InChI=1S/C20H27ClN4O2/c1-13-10-19(24-16-12-17(26-2)15(21)11-18(16)27-3)25-20(22-13)23-14-8-6-4-5-7-9-14/h10-12,14H,4-9H2,1-3H3,(H2,22,23,24,25). The monoisotopic (exact) mass is 390 g/mol. The van der Waals surface area contributed by atoms with Gasteiger partial charge in [-0.3, -0.25) is 0 Å². The molecule has 146 valence electrons. The predicted molar refractivity (Wildman–Crippen MR) is 110 cm³/mol. The molecule has 1 saturated carbocycles. The van der Waals surface area contributed by atoms with E-state index in [0.717, 1.165) is 11.4 Å². The van der Waals surface area contributed by atoms with E-state index < -0.39 is 0 Å². The minimum atomic E-state index is 0.437. The van der Waals surface area contributed by atoms with E-state index in [0.29, 0.717) is 34.3 Å². The van der Waals surface area contributed by atoms with Gasteiger partial charge in [-0.25, -0.2) is 4.98 Å². The Bertz CT molecular complexity index is 777. The van der Waals surface area contributed by atoms with Crippen LogP contribution in [0.2, 0.25) is 5.02 Å². The molecule has 1 aromatic carbocycles. The zero-order chi connectivity index (χ0) is 19.2. The van der Waals surface area contributed by atoms with Crippen LogP contribution >= 0.6 is 11.6 Å². The van der Waals surface area contributed by atoms with E-state index in [2.05, 4.69) is 20.6 Å². The molecule has 0 unspecified atom stereocenters. The van der Waals surface area contributed by atoms with Gasteiger partial charge in [-0.15, -0.1) is 0 Å². The quantitative estimate of drug-likeness (QED) is 0.649. The van der Waals surface area contributed by atoms with E-state index in [9.17, 15) is 0 Å². The lowest BCUT2D eigenvalue weighted by Gasteiger charge is -2.18. The Morgan fingerprint density at radius 3 is 2.33 bits per heavy atom. The van der Waals surface area contributed by atoms with Gasteiger partial charge in [0.15, 0.2) is 0 Å². The molecular formula is C20H27ClN4O2. The second kappa shape index (κ2) is 9.13. The van der Waals surface area contributed by atoms with Crippen molar-refractivity contribution in [2.75, 3.05) is 24.9 Å². The summed E-state index contributed by atoms with van der Waals surface area (Å²) in [7, 11) is 3.19. The zero-order valence-electron chi connectivity index (χ0n) is 16.1. The molecule has 0 bridgehead atoms. The molecule has 1 aromatic heterocycles. The Kier molecular flexibility index (Phi) is 6.61. The van der Waals surface area contributed by atoms with Crippen molar-refractivity contribution in [3.63, 3.8) is 0 Å². The molecule has 0 aliphatic heterocycles. The lowest BCUT2D eigenvalue weighted by molar-refractivity contribution is 0.405. The van der Waals surface area contributed by atoms with Crippen LogP contribution in [0, 0.1) is 6.92 Å². The second-order valence-electron chi connectivity index (χ2n) is 6.86. The van der Waals surface area contributed by atoms with Crippen molar-refractivity contribution in [2.24, 2.45) is 0 Å². The molecule has 2 aromatic rings. The minimum absolute atomic E-state index is 0.437. The first-order valence-corrected chi connectivity index (χ1v) is 9.77. The number of aromatic nitrogens is 2. The fourth-order valence-corrected chi connectivity index (χ4v) is 3.63. The number of nitrogens with one attached hydrogen (secondary N) is 2. The molecule has 7 heteroatoms. The second-order valence-corrected chi connectivity index (χ2v) is 7.27. The van der Waals surface area contributed by atoms with Crippen LogP contribution in [-0.2, 0) is 0 Å². The third kappa shape index (κ3) is 5.16. The van der Waals surface area contributed by atoms with Gasteiger partial charge >= 0.3 is 0 Å². The topological polar surface area (TPSA) is 68.3 Å². The summed E-state index contributed by atoms with van der Waals surface area (Å²) in [5.41, 5.74) is 1.63. The van der Waals surface area contributed by atoms with Crippen molar-refractivity contribution in [3.8, 4) is 11.5 Å². The van der Waals surface area contributed by atoms with Crippen LogP contribution in [0.15, 0.2) is 18.2 Å². The third-order valence-corrected chi connectivity index (χ3v) is 5.07. The number of nitrogens with zero attached hydrogens (tertiary/aromatic N) is 2. The van der Waals surface area contributed by atoms with Gasteiger partial charge in [0.25, 0.3) is 0 Å². The van der Waals surface area contributed by atoms with Gasteiger partial charge in [0, 0.05) is 29.9 Å². The van der Waals surface area contributed by atoms with Crippen molar-refractivity contribution in [1.29, 1.82) is 0 Å². The van der Waals surface area contributed by atoms with Crippen molar-refractivity contribution < 1.29 is 9.47 Å². The first-order valence-electron chi connectivity index (χ1n) is 9.40. The van der Waals surface area contributed by atoms with Crippen LogP contribution in [0.25, 0.3) is 0 Å². The number of ether oxygens (including phenoxy) is 2. The molecule has 0 radical (unpaired) electrons. The molecule has 1 aliphatic carbocycles. The maximum absolute atomic E-state index is 6.19. The SMILES string of the molecule is COc1cc(Nc2cc(C)nc(NC3CCCCCC3)n2)c(OC)cc1Cl. The van der Waals surface area contributed by atoms with Crippen LogP contribution in [-0.4, -0.2) is 30.2 Å². The number of rotatable bonds is 6. The number of halogens is 1. The maximum atomic E-state index is 6.19. The number of methoxy groups -OCH3 is 2. The summed E-state index contributed by atoms with van der Waals surface area (Å²) in [6, 6.07) is 5.87. The van der Waals surface area contributed by atoms with Gasteiger partial charge in [-0.05, 0) is 19.8 Å². The number of benzene rings is 1. The van der Waals surface area contributed by atoms with Crippen LogP contribution in [0.5, 0.6) is 11.5 Å². The Morgan fingerprint density at radius 1 is 0.963 bits per heavy atom. The van der Waals surface area contributed by atoms with E-state index in [1.807, 2.05) is 13.0 Å². The predicted octanol–water partition coefficient (Wildman–Crippen LogP) is 5.33. The van der Waals surface area contributed by atoms with Gasteiger partial charge in [0.1, 0.15) is 17.3 Å². The van der Waals surface area contributed by atoms with E-state index in [1.165, 1.54) is 38.5 Å². The third-order valence-electron chi connectivity index (χ3n) is 4.78. The maximum Gasteiger partial charge on any atom is 0.225 e. The van der Waals surface area contributed by atoms with E-state index in [4.69, 9.17) is 21.1 Å². The molecule has 0 amide bonds. The molecule has 0 saturated heterocycles. The molecule has 1 aliphatic rings. The molecule has 1 fully saturated rings. The van der Waals surface area contributed by atoms with Gasteiger partial charge < -0.3 is 20.1 Å². The Balaban J connectivity index is 1.82. The lowest BCUT2D eigenvalue weighted by Crippen LogP contribution is -2.20. The molecule has 1 heterocycles. The summed E-state index contributed by atoms with van der Waals surface area (Å²) >= 11 is 6.19. The van der Waals surface area contributed by atoms with E-state index in [1.54, 1.807) is 26.4 Å². The van der Waals surface area contributed by atoms with Gasteiger partial charge in [-0.1, -0.05) is 37.3 Å². The minimum Gasteiger partial charge on any atom is -0.495 e. The smallest absolute Gasteiger partial charge is 0.225 e. The van der Waals surface area contributed by atoms with Gasteiger partial charge in [-0.2, -0.15) is 4.98 Å². The van der Waals surface area contributed by atoms with Crippen LogP contribution in [0.4, 0.5) is 17.5 Å². The highest BCUT2D eigenvalue weighted by molar-refractivity contribution is 6.32. The molecule has 3 rings (SSSR count). The molecule has 0 atom stereocenters. The van der Waals surface area contributed by atoms with Crippen molar-refractivity contribution in [3.05, 3.63) is 28.9 Å². The lowest BCUT2D eigenvalue weighted by atomic mass is 10.1. The normalized spacial score (nSPS) is 15.1. The zero-order valence-corrected chi connectivity index (χ0v) is 16.9. The highest BCUT2D eigenvalue weighted by atomic mass is 35.5. The summed E-state index contributed by atoms with van der Waals surface area (Å²) < 4.78 is 10.7. The van der Waals surface area contributed by atoms with Crippen LogP contribution < -0.4 is 20.1 Å². The molecule has 27 heavy (non-hydrogen) atoms. The van der Waals surface area contributed by atoms with Gasteiger partial charge in [0.2, 0.25) is 5.95 Å². The summed E-state index contributed by atoms with van der Waals surface area (Å²) in [6.07, 6.45) is 7.49. The Morgan fingerprint density at radius 2 is 1.67 bits per heavy atom. The van der Waals surface area contributed by atoms with Crippen LogP contribution in [0.3, 0.4) is 0 Å². The fraction of sp³-hybridized carbons (Fsp3) is 0.500. The largest absolute Gasteiger partial charge is 0.495 e. The fourth-order valence-electron chi connectivity index (χ4n) is 3.40.